The van der Waals surface area contributed by atoms with Crippen LogP contribution < -0.4 is 25.2 Å². The Morgan fingerprint density at radius 1 is 1.02 bits per heavy atom. The van der Waals surface area contributed by atoms with Gasteiger partial charge in [-0.25, -0.2) is 4.39 Å². The molecule has 206 valence electrons. The number of ether oxygens (including phenoxy) is 1. The van der Waals surface area contributed by atoms with Crippen LogP contribution in [0.25, 0.3) is 11.0 Å². The van der Waals surface area contributed by atoms with Crippen molar-refractivity contribution in [3.05, 3.63) is 67.1 Å². The van der Waals surface area contributed by atoms with Gasteiger partial charge in [0.2, 0.25) is 17.7 Å². The van der Waals surface area contributed by atoms with Crippen LogP contribution in [0.3, 0.4) is 0 Å². The molecular formula is C29H31FN8O2. The molecule has 2 saturated heterocycles. The van der Waals surface area contributed by atoms with Gasteiger partial charge in [-0.15, -0.1) is 0 Å². The van der Waals surface area contributed by atoms with Crippen molar-refractivity contribution in [1.29, 1.82) is 0 Å². The first-order chi connectivity index (χ1) is 19.5. The second-order valence-electron chi connectivity index (χ2n) is 10.00. The number of benzene rings is 2. The third kappa shape index (κ3) is 5.28. The summed E-state index contributed by atoms with van der Waals surface area (Å²) in [6.07, 6.45) is 4.23. The highest BCUT2D eigenvalue weighted by atomic mass is 19.1. The molecule has 2 aliphatic heterocycles. The van der Waals surface area contributed by atoms with E-state index in [0.717, 1.165) is 56.8 Å². The molecule has 1 amide bonds. The van der Waals surface area contributed by atoms with Gasteiger partial charge in [-0.05, 0) is 49.9 Å². The molecule has 0 bridgehead atoms. The predicted molar refractivity (Wildman–Crippen MR) is 155 cm³/mol. The smallest absolute Gasteiger partial charge is 0.247 e. The first kappa shape index (κ1) is 25.6. The number of fused-ring (bicyclic) bond motifs is 1. The monoisotopic (exact) mass is 542 g/mol. The molecule has 0 spiro atoms. The molecule has 4 heterocycles. The van der Waals surface area contributed by atoms with Gasteiger partial charge >= 0.3 is 0 Å². The normalized spacial score (nSPS) is 15.6. The van der Waals surface area contributed by atoms with Crippen LogP contribution in [0.1, 0.15) is 6.42 Å². The van der Waals surface area contributed by atoms with Gasteiger partial charge in [-0.3, -0.25) is 4.79 Å². The maximum absolute atomic E-state index is 15.1. The quantitative estimate of drug-likeness (QED) is 0.275. The van der Waals surface area contributed by atoms with Gasteiger partial charge in [0.25, 0.3) is 0 Å². The van der Waals surface area contributed by atoms with Gasteiger partial charge in [-0.2, -0.15) is 9.97 Å². The Kier molecular flexibility index (Phi) is 6.95. The van der Waals surface area contributed by atoms with Crippen LogP contribution in [-0.4, -0.2) is 72.1 Å². The van der Waals surface area contributed by atoms with Crippen molar-refractivity contribution in [2.75, 3.05) is 66.7 Å². The Labute approximate surface area is 231 Å². The minimum Gasteiger partial charge on any atom is -0.438 e. The van der Waals surface area contributed by atoms with E-state index in [0.29, 0.717) is 34.3 Å². The number of aromatic nitrogens is 3. The molecule has 11 heteroatoms. The van der Waals surface area contributed by atoms with Gasteiger partial charge in [-0.1, -0.05) is 12.6 Å². The molecular weight excluding hydrogens is 511 g/mol. The van der Waals surface area contributed by atoms with Crippen molar-refractivity contribution in [3.63, 3.8) is 0 Å². The molecule has 2 aromatic carbocycles. The SMILES string of the molecule is C=CC(=O)Nc1cccc(Oc2nc(Nc3ccc(N4CCN(C)CC4)c(F)c3)nc3[nH]cc(N4CCC4)c23)c1. The molecule has 2 fully saturated rings. The molecule has 0 radical (unpaired) electrons. The van der Waals surface area contributed by atoms with Gasteiger partial charge in [0.15, 0.2) is 0 Å². The molecule has 6 rings (SSSR count). The summed E-state index contributed by atoms with van der Waals surface area (Å²) in [5.41, 5.74) is 3.25. The van der Waals surface area contributed by atoms with Gasteiger partial charge in [0, 0.05) is 62.9 Å². The van der Waals surface area contributed by atoms with E-state index in [2.05, 4.69) is 53.9 Å². The molecule has 0 aliphatic carbocycles. The number of nitrogens with one attached hydrogen (secondary N) is 3. The molecule has 0 saturated carbocycles. The van der Waals surface area contributed by atoms with E-state index >= 15 is 4.39 Å². The Morgan fingerprint density at radius 2 is 1.82 bits per heavy atom. The van der Waals surface area contributed by atoms with Crippen molar-refractivity contribution < 1.29 is 13.9 Å². The number of amides is 1. The molecule has 2 aliphatic rings. The molecule has 10 nitrogen and oxygen atoms in total. The summed E-state index contributed by atoms with van der Waals surface area (Å²) in [4.78, 5) is 30.9. The zero-order valence-corrected chi connectivity index (χ0v) is 22.3. The van der Waals surface area contributed by atoms with Gasteiger partial charge < -0.3 is 35.1 Å². The molecule has 0 unspecified atom stereocenters. The van der Waals surface area contributed by atoms with Crippen LogP contribution in [-0.2, 0) is 4.79 Å². The highest BCUT2D eigenvalue weighted by Crippen LogP contribution is 2.38. The van der Waals surface area contributed by atoms with Crippen molar-refractivity contribution in [2.24, 2.45) is 0 Å². The molecule has 3 N–H and O–H groups in total. The topological polar surface area (TPSA) is 102 Å². The summed E-state index contributed by atoms with van der Waals surface area (Å²) in [6, 6.07) is 12.1. The van der Waals surface area contributed by atoms with Crippen molar-refractivity contribution in [1.82, 2.24) is 19.9 Å². The number of rotatable bonds is 8. The lowest BCUT2D eigenvalue weighted by atomic mass is 10.2. The van der Waals surface area contributed by atoms with Crippen LogP contribution in [0.2, 0.25) is 0 Å². The van der Waals surface area contributed by atoms with E-state index in [-0.39, 0.29) is 17.7 Å². The van der Waals surface area contributed by atoms with Crippen molar-refractivity contribution in [3.8, 4) is 11.6 Å². The van der Waals surface area contributed by atoms with Crippen LogP contribution >= 0.6 is 0 Å². The Hall–Kier alpha value is -4.64. The number of nitrogens with zero attached hydrogens (tertiary/aromatic N) is 5. The number of hydrogen-bond donors (Lipinski definition) is 3. The number of H-pyrrole nitrogens is 1. The predicted octanol–water partition coefficient (Wildman–Crippen LogP) is 4.72. The minimum absolute atomic E-state index is 0.266. The van der Waals surface area contributed by atoms with Crippen LogP contribution in [0, 0.1) is 5.82 Å². The van der Waals surface area contributed by atoms with E-state index < -0.39 is 0 Å². The van der Waals surface area contributed by atoms with Crippen LogP contribution in [0.5, 0.6) is 11.6 Å². The van der Waals surface area contributed by atoms with E-state index in [1.165, 1.54) is 12.1 Å². The lowest BCUT2D eigenvalue weighted by Gasteiger charge is -2.34. The largest absolute Gasteiger partial charge is 0.438 e. The second-order valence-corrected chi connectivity index (χ2v) is 10.00. The summed E-state index contributed by atoms with van der Waals surface area (Å²) in [7, 11) is 2.07. The number of hydrogen-bond acceptors (Lipinski definition) is 8. The summed E-state index contributed by atoms with van der Waals surface area (Å²) in [5.74, 6) is 0.487. The fourth-order valence-corrected chi connectivity index (χ4v) is 4.88. The Morgan fingerprint density at radius 3 is 2.55 bits per heavy atom. The Bertz CT molecular complexity index is 1560. The summed E-state index contributed by atoms with van der Waals surface area (Å²) in [6.45, 7) is 8.73. The fraction of sp³-hybridized carbons (Fsp3) is 0.276. The van der Waals surface area contributed by atoms with Gasteiger partial charge in [0.1, 0.15) is 22.6 Å². The van der Waals surface area contributed by atoms with Gasteiger partial charge in [0.05, 0.1) is 11.4 Å². The third-order valence-corrected chi connectivity index (χ3v) is 7.22. The molecule has 4 aromatic rings. The Balaban J connectivity index is 1.30. The average molecular weight is 543 g/mol. The third-order valence-electron chi connectivity index (χ3n) is 7.22. The zero-order chi connectivity index (χ0) is 27.6. The number of carbonyl (C=O) groups is 1. The molecule has 0 atom stereocenters. The van der Waals surface area contributed by atoms with E-state index in [1.54, 1.807) is 30.3 Å². The van der Waals surface area contributed by atoms with E-state index in [1.807, 2.05) is 12.3 Å². The first-order valence-electron chi connectivity index (χ1n) is 13.3. The maximum atomic E-state index is 15.1. The van der Waals surface area contributed by atoms with Crippen LogP contribution in [0.4, 0.5) is 33.1 Å². The maximum Gasteiger partial charge on any atom is 0.247 e. The second kappa shape index (κ2) is 10.9. The van der Waals surface area contributed by atoms with Crippen molar-refractivity contribution >= 4 is 45.6 Å². The zero-order valence-electron chi connectivity index (χ0n) is 22.3. The number of halogens is 1. The molecule has 40 heavy (non-hydrogen) atoms. The van der Waals surface area contributed by atoms with E-state index in [4.69, 9.17) is 4.74 Å². The highest BCUT2D eigenvalue weighted by Gasteiger charge is 2.24. The number of piperazine rings is 1. The summed E-state index contributed by atoms with van der Waals surface area (Å²) < 4.78 is 21.4. The first-order valence-corrected chi connectivity index (χ1v) is 13.3. The minimum atomic E-state index is -0.315. The number of anilines is 5. The summed E-state index contributed by atoms with van der Waals surface area (Å²) in [5, 5.41) is 6.63. The van der Waals surface area contributed by atoms with Crippen molar-refractivity contribution in [2.45, 2.75) is 6.42 Å². The number of likely N-dealkylation sites (N-methyl/N-ethyl adjacent to an activating group) is 1. The standard InChI is InChI=1S/C29H31FN8O2/c1-3-25(39)32-19-6-4-7-21(16-19)40-28-26-24(37-10-5-11-37)18-31-27(26)34-29(35-28)33-20-8-9-23(22(30)17-20)38-14-12-36(2)13-15-38/h3-4,6-9,16-18H,1,5,10-15H2,2H3,(H,32,39)(H2,31,33,34,35). The highest BCUT2D eigenvalue weighted by molar-refractivity contribution is 5.99. The van der Waals surface area contributed by atoms with E-state index in [9.17, 15) is 4.79 Å². The molecule has 2 aromatic heterocycles. The number of carbonyl (C=O) groups excluding carboxylic acids is 1. The lowest BCUT2D eigenvalue weighted by molar-refractivity contribution is -0.111. The average Bonchev–Trinajstić information content (AvgIpc) is 3.32. The fourth-order valence-electron chi connectivity index (χ4n) is 4.88. The summed E-state index contributed by atoms with van der Waals surface area (Å²) >= 11 is 0. The number of aromatic amines is 1. The van der Waals surface area contributed by atoms with Crippen LogP contribution in [0.15, 0.2) is 61.3 Å². The lowest BCUT2D eigenvalue weighted by Crippen LogP contribution is -2.44.